The van der Waals surface area contributed by atoms with Crippen molar-refractivity contribution in [1.29, 1.82) is 5.26 Å². The molecule has 0 amide bonds. The van der Waals surface area contributed by atoms with Crippen molar-refractivity contribution in [2.24, 2.45) is 5.73 Å². The number of imidazole rings is 1. The molecular formula is C20H18FN5O. The molecule has 1 atom stereocenters. The average Bonchev–Trinajstić information content (AvgIpc) is 3.30. The molecule has 2 aromatic carbocycles. The Morgan fingerprint density at radius 1 is 1.33 bits per heavy atom. The predicted octanol–water partition coefficient (Wildman–Crippen LogP) is 3.59. The number of nitrogens with one attached hydrogen (secondary N) is 2. The fourth-order valence-corrected chi connectivity index (χ4v) is 3.55. The molecule has 4 aromatic rings. The number of benzene rings is 2. The number of nitrogens with zero attached hydrogens (tertiary/aromatic N) is 2. The number of hydrogen-bond acceptors (Lipinski definition) is 4. The molecule has 6 nitrogen and oxygen atoms in total. The molecule has 0 radical (unpaired) electrons. The van der Waals surface area contributed by atoms with E-state index in [-0.39, 0.29) is 5.75 Å². The van der Waals surface area contributed by atoms with Gasteiger partial charge in [0.2, 0.25) is 0 Å². The number of hydrogen-bond donors (Lipinski definition) is 3. The Kier molecular flexibility index (Phi) is 3.68. The summed E-state index contributed by atoms with van der Waals surface area (Å²) in [6, 6.07) is 9.11. The number of methoxy groups -OCH3 is 1. The minimum absolute atomic E-state index is 0.0998. The fourth-order valence-electron chi connectivity index (χ4n) is 3.55. The maximum absolute atomic E-state index is 15.0. The summed E-state index contributed by atoms with van der Waals surface area (Å²) in [6.45, 7) is 3.45. The highest BCUT2D eigenvalue weighted by molar-refractivity contribution is 5.90. The van der Waals surface area contributed by atoms with Gasteiger partial charge in [-0.1, -0.05) is 0 Å². The molecule has 0 saturated heterocycles. The van der Waals surface area contributed by atoms with E-state index in [0.717, 1.165) is 10.9 Å². The molecule has 0 bridgehead atoms. The quantitative estimate of drug-likeness (QED) is 0.517. The second-order valence-corrected chi connectivity index (χ2v) is 6.75. The van der Waals surface area contributed by atoms with Crippen LogP contribution < -0.4 is 10.5 Å². The number of fused-ring (bicyclic) bond motifs is 2. The molecule has 2 aromatic heterocycles. The molecular weight excluding hydrogens is 345 g/mol. The van der Waals surface area contributed by atoms with Gasteiger partial charge in [-0.25, -0.2) is 9.37 Å². The number of nitriles is 1. The van der Waals surface area contributed by atoms with Crippen molar-refractivity contribution in [2.45, 2.75) is 19.4 Å². The molecule has 0 saturated carbocycles. The number of rotatable bonds is 3. The van der Waals surface area contributed by atoms with Crippen molar-refractivity contribution < 1.29 is 9.13 Å². The van der Waals surface area contributed by atoms with Crippen molar-refractivity contribution in [2.75, 3.05) is 7.11 Å². The van der Waals surface area contributed by atoms with Gasteiger partial charge in [-0.3, -0.25) is 0 Å². The number of aryl methyl sites for hydroxylation is 1. The number of H-pyrrole nitrogens is 2. The Bertz CT molecular complexity index is 1230. The van der Waals surface area contributed by atoms with Crippen molar-refractivity contribution >= 4 is 21.9 Å². The highest BCUT2D eigenvalue weighted by Crippen LogP contribution is 2.41. The van der Waals surface area contributed by atoms with Crippen molar-refractivity contribution in [3.05, 3.63) is 58.8 Å². The second kappa shape index (κ2) is 5.83. The van der Waals surface area contributed by atoms with Gasteiger partial charge in [-0.05, 0) is 38.1 Å². The topological polar surface area (TPSA) is 104 Å². The lowest BCUT2D eigenvalue weighted by molar-refractivity contribution is 0.370. The Hall–Kier alpha value is -3.37. The Labute approximate surface area is 154 Å². The van der Waals surface area contributed by atoms with Crippen molar-refractivity contribution in [3.63, 3.8) is 0 Å². The molecule has 2 heterocycles. The van der Waals surface area contributed by atoms with Gasteiger partial charge in [-0.2, -0.15) is 5.26 Å². The first-order valence-electron chi connectivity index (χ1n) is 8.41. The van der Waals surface area contributed by atoms with Crippen LogP contribution in [0.3, 0.4) is 0 Å². The van der Waals surface area contributed by atoms with Gasteiger partial charge < -0.3 is 20.4 Å². The largest absolute Gasteiger partial charge is 0.493 e. The summed E-state index contributed by atoms with van der Waals surface area (Å²) in [5, 5.41) is 9.86. The molecule has 0 aliphatic heterocycles. The van der Waals surface area contributed by atoms with Gasteiger partial charge in [0, 0.05) is 22.7 Å². The normalized spacial score (nSPS) is 13.6. The summed E-state index contributed by atoms with van der Waals surface area (Å²) in [6.07, 6.45) is 1.74. The third-order valence-corrected chi connectivity index (χ3v) is 4.97. The Balaban J connectivity index is 2.01. The summed E-state index contributed by atoms with van der Waals surface area (Å²) >= 11 is 0. The maximum atomic E-state index is 15.0. The first kappa shape index (κ1) is 17.1. The van der Waals surface area contributed by atoms with Gasteiger partial charge in [0.15, 0.2) is 11.6 Å². The maximum Gasteiger partial charge on any atom is 0.170 e. The molecule has 4 N–H and O–H groups in total. The van der Waals surface area contributed by atoms with E-state index in [2.05, 4.69) is 21.0 Å². The van der Waals surface area contributed by atoms with E-state index >= 15 is 0 Å². The molecule has 0 spiro atoms. The summed E-state index contributed by atoms with van der Waals surface area (Å²) in [5.41, 5.74) is 9.05. The molecule has 4 rings (SSSR count). The molecule has 7 heteroatoms. The van der Waals surface area contributed by atoms with E-state index in [1.807, 2.05) is 6.07 Å². The van der Waals surface area contributed by atoms with Gasteiger partial charge in [0.05, 0.1) is 35.3 Å². The van der Waals surface area contributed by atoms with E-state index in [1.54, 1.807) is 38.2 Å². The summed E-state index contributed by atoms with van der Waals surface area (Å²) in [4.78, 5) is 10.8. The Morgan fingerprint density at radius 3 is 2.81 bits per heavy atom. The molecule has 0 fully saturated rings. The van der Waals surface area contributed by atoms with Gasteiger partial charge >= 0.3 is 0 Å². The molecule has 27 heavy (non-hydrogen) atoms. The minimum atomic E-state index is -1.16. The van der Waals surface area contributed by atoms with E-state index in [1.165, 1.54) is 7.11 Å². The predicted molar refractivity (Wildman–Crippen MR) is 101 cm³/mol. The second-order valence-electron chi connectivity index (χ2n) is 6.75. The monoisotopic (exact) mass is 363 g/mol. The Morgan fingerprint density at radius 2 is 2.11 bits per heavy atom. The number of aromatic nitrogens is 3. The van der Waals surface area contributed by atoms with Crippen LogP contribution in [0.15, 0.2) is 30.5 Å². The lowest BCUT2D eigenvalue weighted by Gasteiger charge is -2.27. The summed E-state index contributed by atoms with van der Waals surface area (Å²) < 4.78 is 20.4. The van der Waals surface area contributed by atoms with E-state index in [9.17, 15) is 4.39 Å². The lowest BCUT2D eigenvalue weighted by atomic mass is 9.87. The van der Waals surface area contributed by atoms with E-state index < -0.39 is 11.4 Å². The molecule has 136 valence electrons. The standard InChI is InChI=1S/C20H18FN5O/c1-10-16(21)18(27-3)15(12-6-7-24-17(10)12)20(2,23)19-25-13-5-4-11(9-22)8-14(13)26-19/h4-8,24H,23H2,1-3H3,(H,25,26). The first-order valence-corrected chi connectivity index (χ1v) is 8.41. The zero-order valence-electron chi connectivity index (χ0n) is 15.1. The smallest absolute Gasteiger partial charge is 0.170 e. The third-order valence-electron chi connectivity index (χ3n) is 4.97. The van der Waals surface area contributed by atoms with Crippen molar-refractivity contribution in [3.8, 4) is 11.8 Å². The van der Waals surface area contributed by atoms with Crippen LogP contribution in [-0.2, 0) is 5.54 Å². The molecule has 0 aliphatic carbocycles. The minimum Gasteiger partial charge on any atom is -0.493 e. The highest BCUT2D eigenvalue weighted by atomic mass is 19.1. The SMILES string of the molecule is COc1c(F)c(C)c2[nH]ccc2c1C(C)(N)c1nc2cc(C#N)ccc2[nH]1. The number of halogens is 1. The van der Waals surface area contributed by atoms with E-state index in [0.29, 0.717) is 33.5 Å². The number of ether oxygens (including phenoxy) is 1. The summed E-state index contributed by atoms with van der Waals surface area (Å²) in [7, 11) is 1.42. The van der Waals surface area contributed by atoms with Crippen LogP contribution in [0.4, 0.5) is 4.39 Å². The van der Waals surface area contributed by atoms with E-state index in [4.69, 9.17) is 15.7 Å². The molecule has 1 unspecified atom stereocenters. The average molecular weight is 363 g/mol. The van der Waals surface area contributed by atoms with Crippen LogP contribution in [0.1, 0.15) is 29.4 Å². The number of aromatic amines is 2. The zero-order chi connectivity index (χ0) is 19.3. The van der Waals surface area contributed by atoms with Crippen LogP contribution in [0.2, 0.25) is 0 Å². The number of nitrogens with two attached hydrogens (primary N) is 1. The summed E-state index contributed by atoms with van der Waals surface area (Å²) in [5.74, 6) is 0.0985. The van der Waals surface area contributed by atoms with Gasteiger partial charge in [0.1, 0.15) is 11.4 Å². The van der Waals surface area contributed by atoms with Gasteiger partial charge in [0.25, 0.3) is 0 Å². The van der Waals surface area contributed by atoms with Crippen LogP contribution in [0.25, 0.3) is 21.9 Å². The highest BCUT2D eigenvalue weighted by Gasteiger charge is 2.35. The van der Waals surface area contributed by atoms with Crippen LogP contribution in [0, 0.1) is 24.1 Å². The first-order chi connectivity index (χ1) is 12.9. The van der Waals surface area contributed by atoms with Crippen LogP contribution in [0.5, 0.6) is 5.75 Å². The lowest BCUT2D eigenvalue weighted by Crippen LogP contribution is -2.36. The van der Waals surface area contributed by atoms with Gasteiger partial charge in [-0.15, -0.1) is 0 Å². The van der Waals surface area contributed by atoms with Crippen LogP contribution in [-0.4, -0.2) is 22.1 Å². The third kappa shape index (κ3) is 2.38. The van der Waals surface area contributed by atoms with Crippen molar-refractivity contribution in [1.82, 2.24) is 15.0 Å². The molecule has 0 aliphatic rings. The van der Waals surface area contributed by atoms with Crippen LogP contribution >= 0.6 is 0 Å². The zero-order valence-corrected chi connectivity index (χ0v) is 15.1. The fraction of sp³-hybridized carbons (Fsp3) is 0.200.